The van der Waals surface area contributed by atoms with E-state index in [0.717, 1.165) is 17.1 Å². The molecule has 2 nitrogen and oxygen atoms in total. The fourth-order valence-electron chi connectivity index (χ4n) is 1.86. The molecule has 1 aliphatic carbocycles. The summed E-state index contributed by atoms with van der Waals surface area (Å²) in [6.45, 7) is 5.06. The largest absolute Gasteiger partial charge is 0.369 e. The van der Waals surface area contributed by atoms with Gasteiger partial charge >= 0.3 is 0 Å². The highest BCUT2D eigenvalue weighted by Gasteiger charge is 2.23. The summed E-state index contributed by atoms with van der Waals surface area (Å²) in [7, 11) is 0. The van der Waals surface area contributed by atoms with Crippen molar-refractivity contribution >= 4 is 15.9 Å². The molecule has 1 unspecified atom stereocenters. The van der Waals surface area contributed by atoms with E-state index in [4.69, 9.17) is 4.74 Å². The van der Waals surface area contributed by atoms with Gasteiger partial charge in [-0.3, -0.25) is 0 Å². The standard InChI is InChI=1S/C14H20BrNO/c1-10(2)17-14(9-16-11-7-8-11)12-5-3-4-6-13(12)15/h3-6,10-11,14,16H,7-9H2,1-2H3. The zero-order valence-corrected chi connectivity index (χ0v) is 12.0. The summed E-state index contributed by atoms with van der Waals surface area (Å²) in [5.41, 5.74) is 1.23. The number of hydrogen-bond donors (Lipinski definition) is 1. The normalized spacial score (nSPS) is 17.4. The molecule has 1 N–H and O–H groups in total. The maximum absolute atomic E-state index is 6.00. The molecule has 17 heavy (non-hydrogen) atoms. The van der Waals surface area contributed by atoms with Crippen LogP contribution in [0.1, 0.15) is 38.4 Å². The summed E-state index contributed by atoms with van der Waals surface area (Å²) in [5.74, 6) is 0. The van der Waals surface area contributed by atoms with Crippen molar-refractivity contribution in [2.45, 2.75) is 44.9 Å². The summed E-state index contributed by atoms with van der Waals surface area (Å²) in [6.07, 6.45) is 2.99. The molecular formula is C14H20BrNO. The van der Waals surface area contributed by atoms with Gasteiger partial charge in [0.05, 0.1) is 12.2 Å². The van der Waals surface area contributed by atoms with Crippen molar-refractivity contribution in [3.63, 3.8) is 0 Å². The first-order valence-electron chi connectivity index (χ1n) is 6.30. The Balaban J connectivity index is 2.04. The number of benzene rings is 1. The molecule has 0 saturated heterocycles. The van der Waals surface area contributed by atoms with Gasteiger partial charge in [0.25, 0.3) is 0 Å². The zero-order valence-electron chi connectivity index (χ0n) is 10.4. The van der Waals surface area contributed by atoms with Crippen LogP contribution >= 0.6 is 15.9 Å². The summed E-state index contributed by atoms with van der Waals surface area (Å²) >= 11 is 3.60. The maximum Gasteiger partial charge on any atom is 0.0963 e. The number of halogens is 1. The number of rotatable bonds is 6. The Morgan fingerprint density at radius 2 is 2.06 bits per heavy atom. The van der Waals surface area contributed by atoms with Gasteiger partial charge in [-0.05, 0) is 38.3 Å². The lowest BCUT2D eigenvalue weighted by atomic mass is 10.1. The monoisotopic (exact) mass is 297 g/mol. The Morgan fingerprint density at radius 3 is 2.65 bits per heavy atom. The smallest absolute Gasteiger partial charge is 0.0963 e. The van der Waals surface area contributed by atoms with E-state index >= 15 is 0 Å². The number of ether oxygens (including phenoxy) is 1. The molecule has 0 amide bonds. The molecule has 1 aromatic carbocycles. The van der Waals surface area contributed by atoms with Crippen LogP contribution in [0.5, 0.6) is 0 Å². The van der Waals surface area contributed by atoms with E-state index in [1.165, 1.54) is 18.4 Å². The lowest BCUT2D eigenvalue weighted by molar-refractivity contribution is 0.00654. The second-order valence-electron chi connectivity index (χ2n) is 4.88. The highest BCUT2D eigenvalue weighted by atomic mass is 79.9. The Kier molecular flexibility index (Phi) is 4.60. The van der Waals surface area contributed by atoms with E-state index in [1.54, 1.807) is 0 Å². The first kappa shape index (κ1) is 13.1. The third-order valence-electron chi connectivity index (χ3n) is 2.86. The van der Waals surface area contributed by atoms with E-state index in [2.05, 4.69) is 53.3 Å². The quantitative estimate of drug-likeness (QED) is 0.865. The highest BCUT2D eigenvalue weighted by molar-refractivity contribution is 9.10. The van der Waals surface area contributed by atoms with Crippen LogP contribution in [0, 0.1) is 0 Å². The minimum atomic E-state index is 0.131. The average Bonchev–Trinajstić information content (AvgIpc) is 3.08. The molecule has 0 aromatic heterocycles. The van der Waals surface area contributed by atoms with Gasteiger partial charge in [-0.15, -0.1) is 0 Å². The first-order valence-corrected chi connectivity index (χ1v) is 7.09. The molecule has 0 radical (unpaired) electrons. The molecule has 94 valence electrons. The Labute approximate surface area is 112 Å². The van der Waals surface area contributed by atoms with Crippen molar-refractivity contribution < 1.29 is 4.74 Å². The number of nitrogens with one attached hydrogen (secondary N) is 1. The molecule has 0 bridgehead atoms. The van der Waals surface area contributed by atoms with E-state index in [0.29, 0.717) is 0 Å². The fraction of sp³-hybridized carbons (Fsp3) is 0.571. The Morgan fingerprint density at radius 1 is 1.35 bits per heavy atom. The predicted octanol–water partition coefficient (Wildman–Crippen LogP) is 3.67. The van der Waals surface area contributed by atoms with Gasteiger partial charge in [0, 0.05) is 17.1 Å². The molecule has 1 atom stereocenters. The van der Waals surface area contributed by atoms with Crippen molar-refractivity contribution in [3.8, 4) is 0 Å². The van der Waals surface area contributed by atoms with Crippen LogP contribution in [0.15, 0.2) is 28.7 Å². The van der Waals surface area contributed by atoms with Crippen LogP contribution in [-0.2, 0) is 4.74 Å². The first-order chi connectivity index (χ1) is 8.16. The molecule has 2 rings (SSSR count). The van der Waals surface area contributed by atoms with Crippen LogP contribution in [0.3, 0.4) is 0 Å². The highest BCUT2D eigenvalue weighted by Crippen LogP contribution is 2.28. The number of hydrogen-bond acceptors (Lipinski definition) is 2. The van der Waals surface area contributed by atoms with E-state index in [1.807, 2.05) is 6.07 Å². The van der Waals surface area contributed by atoms with Gasteiger partial charge in [0.2, 0.25) is 0 Å². The summed E-state index contributed by atoms with van der Waals surface area (Å²) in [5, 5.41) is 3.54. The molecule has 3 heteroatoms. The molecule has 1 fully saturated rings. The van der Waals surface area contributed by atoms with Crippen molar-refractivity contribution in [2.75, 3.05) is 6.54 Å². The van der Waals surface area contributed by atoms with Crippen molar-refractivity contribution in [3.05, 3.63) is 34.3 Å². The van der Waals surface area contributed by atoms with E-state index < -0.39 is 0 Å². The maximum atomic E-state index is 6.00. The molecule has 1 aromatic rings. The summed E-state index contributed by atoms with van der Waals surface area (Å²) < 4.78 is 7.13. The van der Waals surface area contributed by atoms with Gasteiger partial charge in [-0.25, -0.2) is 0 Å². The fourth-order valence-corrected chi connectivity index (χ4v) is 2.40. The van der Waals surface area contributed by atoms with Crippen molar-refractivity contribution in [1.82, 2.24) is 5.32 Å². The van der Waals surface area contributed by atoms with Crippen LogP contribution in [0.4, 0.5) is 0 Å². The van der Waals surface area contributed by atoms with Gasteiger partial charge in [0.15, 0.2) is 0 Å². The topological polar surface area (TPSA) is 21.3 Å². The molecule has 0 spiro atoms. The van der Waals surface area contributed by atoms with Crippen molar-refractivity contribution in [1.29, 1.82) is 0 Å². The second-order valence-corrected chi connectivity index (χ2v) is 5.73. The average molecular weight is 298 g/mol. The molecule has 1 saturated carbocycles. The van der Waals surface area contributed by atoms with Crippen LogP contribution < -0.4 is 5.32 Å². The summed E-state index contributed by atoms with van der Waals surface area (Å²) in [6, 6.07) is 9.02. The van der Waals surface area contributed by atoms with Crippen LogP contribution in [-0.4, -0.2) is 18.7 Å². The van der Waals surface area contributed by atoms with Gasteiger partial charge in [0.1, 0.15) is 0 Å². The Bertz CT molecular complexity index is 363. The van der Waals surface area contributed by atoms with Gasteiger partial charge in [-0.1, -0.05) is 34.1 Å². The lowest BCUT2D eigenvalue weighted by Gasteiger charge is -2.22. The van der Waals surface area contributed by atoms with Crippen LogP contribution in [0.2, 0.25) is 0 Å². The second kappa shape index (κ2) is 5.98. The zero-order chi connectivity index (χ0) is 12.3. The van der Waals surface area contributed by atoms with E-state index in [-0.39, 0.29) is 12.2 Å². The third-order valence-corrected chi connectivity index (χ3v) is 3.58. The predicted molar refractivity (Wildman–Crippen MR) is 74.1 cm³/mol. The summed E-state index contributed by atoms with van der Waals surface area (Å²) in [4.78, 5) is 0. The Hall–Kier alpha value is -0.380. The third kappa shape index (κ3) is 4.09. The van der Waals surface area contributed by atoms with Crippen LogP contribution in [0.25, 0.3) is 0 Å². The molecule has 0 aliphatic heterocycles. The molecular weight excluding hydrogens is 278 g/mol. The SMILES string of the molecule is CC(C)OC(CNC1CC1)c1ccccc1Br. The van der Waals surface area contributed by atoms with Gasteiger partial charge < -0.3 is 10.1 Å². The van der Waals surface area contributed by atoms with Crippen molar-refractivity contribution in [2.24, 2.45) is 0 Å². The minimum Gasteiger partial charge on any atom is -0.369 e. The van der Waals surface area contributed by atoms with Gasteiger partial charge in [-0.2, -0.15) is 0 Å². The van der Waals surface area contributed by atoms with E-state index in [9.17, 15) is 0 Å². The lowest BCUT2D eigenvalue weighted by Crippen LogP contribution is -2.27. The minimum absolute atomic E-state index is 0.131. The molecule has 1 aliphatic rings. The molecule has 0 heterocycles.